The highest BCUT2D eigenvalue weighted by Gasteiger charge is 2.13. The molecule has 0 bridgehead atoms. The van der Waals surface area contributed by atoms with Gasteiger partial charge < -0.3 is 0 Å². The lowest BCUT2D eigenvalue weighted by atomic mass is 10.2. The first-order chi connectivity index (χ1) is 14.2. The normalized spacial score (nSPS) is 9.73. The lowest BCUT2D eigenvalue weighted by molar-refractivity contribution is -0.385. The molecule has 0 radical (unpaired) electrons. The largest absolute Gasteiger partial charge is 0.298 e. The minimum absolute atomic E-state index is 0.138. The second-order valence-corrected chi connectivity index (χ2v) is 6.24. The van der Waals surface area contributed by atoms with E-state index in [1.54, 1.807) is 0 Å². The average molecular weight is 448 g/mol. The van der Waals surface area contributed by atoms with Gasteiger partial charge in [-0.1, -0.05) is 0 Å². The first kappa shape index (κ1) is 22.3. The van der Waals surface area contributed by atoms with Gasteiger partial charge in [0.15, 0.2) is 10.2 Å². The van der Waals surface area contributed by atoms with Crippen LogP contribution in [0.1, 0.15) is 20.7 Å². The van der Waals surface area contributed by atoms with Crippen molar-refractivity contribution in [1.29, 1.82) is 0 Å². The number of hydrogen-bond acceptors (Lipinski definition) is 8. The Labute approximate surface area is 178 Å². The van der Waals surface area contributed by atoms with Gasteiger partial charge >= 0.3 is 0 Å². The summed E-state index contributed by atoms with van der Waals surface area (Å²) in [7, 11) is 0. The van der Waals surface area contributed by atoms with Crippen molar-refractivity contribution < 1.29 is 19.4 Å². The number of thiocarbonyl (C=S) groups is 2. The number of hydrazine groups is 1. The van der Waals surface area contributed by atoms with Crippen LogP contribution in [0.25, 0.3) is 0 Å². The summed E-state index contributed by atoms with van der Waals surface area (Å²) >= 11 is 9.82. The van der Waals surface area contributed by atoms with Gasteiger partial charge in [0.2, 0.25) is 0 Å². The molecule has 2 amide bonds. The van der Waals surface area contributed by atoms with Crippen molar-refractivity contribution in [1.82, 2.24) is 21.5 Å². The summed E-state index contributed by atoms with van der Waals surface area (Å²) < 4.78 is 0. The molecular formula is C16H12N6O6S2. The Balaban J connectivity index is 1.81. The molecule has 2 aromatic carbocycles. The summed E-state index contributed by atoms with van der Waals surface area (Å²) in [6.45, 7) is 0. The maximum atomic E-state index is 12.0. The Hall–Kier alpha value is -4.04. The van der Waals surface area contributed by atoms with Gasteiger partial charge in [-0.05, 0) is 48.7 Å². The Morgan fingerprint density at radius 2 is 0.967 bits per heavy atom. The van der Waals surface area contributed by atoms with E-state index in [4.69, 9.17) is 24.4 Å². The number of amides is 2. The van der Waals surface area contributed by atoms with Crippen LogP contribution >= 0.6 is 24.4 Å². The van der Waals surface area contributed by atoms with Crippen LogP contribution in [0, 0.1) is 20.2 Å². The van der Waals surface area contributed by atoms with Crippen molar-refractivity contribution in [2.45, 2.75) is 0 Å². The molecule has 2 aromatic rings. The number of nitro benzene ring substituents is 2. The van der Waals surface area contributed by atoms with Gasteiger partial charge in [-0.25, -0.2) is 0 Å². The molecule has 12 nitrogen and oxygen atoms in total. The molecule has 0 fully saturated rings. The summed E-state index contributed by atoms with van der Waals surface area (Å²) in [5, 5.41) is 25.5. The Morgan fingerprint density at radius 3 is 1.23 bits per heavy atom. The zero-order valence-corrected chi connectivity index (χ0v) is 16.4. The fourth-order valence-corrected chi connectivity index (χ4v) is 2.28. The first-order valence-electron chi connectivity index (χ1n) is 7.89. The van der Waals surface area contributed by atoms with Crippen molar-refractivity contribution in [3.05, 3.63) is 79.9 Å². The number of nitrogens with one attached hydrogen (secondary N) is 4. The van der Waals surface area contributed by atoms with Crippen LogP contribution in [0.3, 0.4) is 0 Å². The fourth-order valence-electron chi connectivity index (χ4n) is 2.00. The molecule has 154 valence electrons. The summed E-state index contributed by atoms with van der Waals surface area (Å²) in [4.78, 5) is 44.1. The molecule has 14 heteroatoms. The van der Waals surface area contributed by atoms with E-state index in [2.05, 4.69) is 21.5 Å². The number of nitrogens with zero attached hydrogens (tertiary/aromatic N) is 2. The van der Waals surface area contributed by atoms with Gasteiger partial charge in [0.05, 0.1) is 9.85 Å². The van der Waals surface area contributed by atoms with E-state index in [1.165, 1.54) is 48.5 Å². The van der Waals surface area contributed by atoms with Crippen molar-refractivity contribution in [2.75, 3.05) is 0 Å². The van der Waals surface area contributed by atoms with E-state index < -0.39 is 21.7 Å². The maximum Gasteiger partial charge on any atom is 0.269 e. The summed E-state index contributed by atoms with van der Waals surface area (Å²) in [6.07, 6.45) is 0. The monoisotopic (exact) mass is 448 g/mol. The Morgan fingerprint density at radius 1 is 0.667 bits per heavy atom. The van der Waals surface area contributed by atoms with Crippen LogP contribution in [0.4, 0.5) is 11.4 Å². The van der Waals surface area contributed by atoms with Crippen molar-refractivity contribution in [3.8, 4) is 0 Å². The van der Waals surface area contributed by atoms with E-state index >= 15 is 0 Å². The summed E-state index contributed by atoms with van der Waals surface area (Å²) in [6, 6.07) is 9.74. The molecule has 0 aromatic heterocycles. The lowest BCUT2D eigenvalue weighted by Crippen LogP contribution is -2.52. The highest BCUT2D eigenvalue weighted by molar-refractivity contribution is 7.80. The number of benzene rings is 2. The summed E-state index contributed by atoms with van der Waals surface area (Å²) in [5.41, 5.74) is 4.73. The second kappa shape index (κ2) is 9.94. The van der Waals surface area contributed by atoms with Crippen LogP contribution < -0.4 is 21.5 Å². The number of nitro groups is 2. The minimum atomic E-state index is -0.620. The van der Waals surface area contributed by atoms with Crippen LogP contribution in [-0.4, -0.2) is 31.9 Å². The predicted molar refractivity (Wildman–Crippen MR) is 113 cm³/mol. The minimum Gasteiger partial charge on any atom is -0.298 e. The molecule has 0 aliphatic carbocycles. The Bertz CT molecular complexity index is 942. The van der Waals surface area contributed by atoms with E-state index in [9.17, 15) is 29.8 Å². The highest BCUT2D eigenvalue weighted by Crippen LogP contribution is 2.12. The summed E-state index contributed by atoms with van der Waals surface area (Å²) in [5.74, 6) is -1.24. The van der Waals surface area contributed by atoms with Crippen LogP contribution in [0.15, 0.2) is 48.5 Å². The molecule has 0 aliphatic rings. The highest BCUT2D eigenvalue weighted by atomic mass is 32.1. The third kappa shape index (κ3) is 6.25. The van der Waals surface area contributed by atoms with Crippen LogP contribution in [0.2, 0.25) is 0 Å². The Kier molecular flexibility index (Phi) is 7.38. The first-order valence-corrected chi connectivity index (χ1v) is 8.70. The molecule has 0 spiro atoms. The van der Waals surface area contributed by atoms with Crippen molar-refractivity contribution in [3.63, 3.8) is 0 Å². The zero-order valence-electron chi connectivity index (χ0n) is 14.8. The number of carbonyl (C=O) groups excluding carboxylic acids is 2. The number of non-ortho nitro benzene ring substituents is 2. The molecule has 4 N–H and O–H groups in total. The topological polar surface area (TPSA) is 169 Å². The van der Waals surface area contributed by atoms with E-state index in [0.29, 0.717) is 0 Å². The average Bonchev–Trinajstić information content (AvgIpc) is 2.72. The quantitative estimate of drug-likeness (QED) is 0.304. The molecule has 0 heterocycles. The third-order valence-corrected chi connectivity index (χ3v) is 3.83. The van der Waals surface area contributed by atoms with Crippen LogP contribution in [0.5, 0.6) is 0 Å². The van der Waals surface area contributed by atoms with Gasteiger partial charge in [0.1, 0.15) is 0 Å². The van der Waals surface area contributed by atoms with Gasteiger partial charge in [0, 0.05) is 35.4 Å². The molecule has 0 unspecified atom stereocenters. The van der Waals surface area contributed by atoms with E-state index in [-0.39, 0.29) is 32.7 Å². The smallest absolute Gasteiger partial charge is 0.269 e. The molecule has 0 saturated heterocycles. The second-order valence-electron chi connectivity index (χ2n) is 5.42. The zero-order chi connectivity index (χ0) is 22.3. The number of rotatable bonds is 4. The lowest BCUT2D eigenvalue weighted by Gasteiger charge is -2.13. The van der Waals surface area contributed by atoms with Gasteiger partial charge in [0.25, 0.3) is 23.2 Å². The molecule has 0 atom stereocenters. The van der Waals surface area contributed by atoms with Crippen LogP contribution in [-0.2, 0) is 0 Å². The number of carbonyl (C=O) groups is 2. The fraction of sp³-hybridized carbons (Fsp3) is 0. The van der Waals surface area contributed by atoms with Gasteiger partial charge in [-0.15, -0.1) is 0 Å². The molecular weight excluding hydrogens is 436 g/mol. The molecule has 30 heavy (non-hydrogen) atoms. The molecule has 0 saturated carbocycles. The standard InChI is InChI=1S/C16H12N6O6S2/c23-13(9-1-5-11(6-2-9)21(25)26)17-15(29)19-20-16(30)18-14(24)10-3-7-12(8-4-10)22(27)28/h1-8H,(H2,17,19,23,29)(H2,18,20,24,30). The third-order valence-electron chi connectivity index (χ3n) is 3.42. The van der Waals surface area contributed by atoms with Gasteiger partial charge in [-0.2, -0.15) is 0 Å². The van der Waals surface area contributed by atoms with E-state index in [0.717, 1.165) is 0 Å². The molecule has 0 aliphatic heterocycles. The predicted octanol–water partition coefficient (Wildman–Crippen LogP) is 1.33. The van der Waals surface area contributed by atoms with Crippen molar-refractivity contribution in [2.24, 2.45) is 0 Å². The van der Waals surface area contributed by atoms with Gasteiger partial charge in [-0.3, -0.25) is 51.3 Å². The van der Waals surface area contributed by atoms with Crippen molar-refractivity contribution >= 4 is 57.8 Å². The molecule has 2 rings (SSSR count). The van der Waals surface area contributed by atoms with E-state index in [1.807, 2.05) is 0 Å². The number of hydrogen-bond donors (Lipinski definition) is 4. The maximum absolute atomic E-state index is 12.0. The SMILES string of the molecule is O=C(NC(=S)NNC(=S)NC(=O)c1ccc([N+](=O)[O-])cc1)c1ccc([N+](=O)[O-])cc1.